The number of aliphatic hydroxyl groups is 2. The van der Waals surface area contributed by atoms with Crippen molar-refractivity contribution in [2.45, 2.75) is 75.8 Å². The number of hydrogen-bond acceptors (Lipinski definition) is 12. The smallest absolute Gasteiger partial charge is 0.273 e. The second kappa shape index (κ2) is 23.6. The first-order valence-electron chi connectivity index (χ1n) is 24.2. The van der Waals surface area contributed by atoms with Gasteiger partial charge in [-0.05, 0) is 114 Å². The molecule has 3 aliphatic rings. The van der Waals surface area contributed by atoms with Gasteiger partial charge >= 0.3 is 0 Å². The number of nitrogens with zero attached hydrogens (tertiary/aromatic N) is 4. The van der Waals surface area contributed by atoms with Crippen molar-refractivity contribution in [3.8, 4) is 17.2 Å². The van der Waals surface area contributed by atoms with Gasteiger partial charge in [-0.15, -0.1) is 6.58 Å². The minimum atomic E-state index is -1.65. The summed E-state index contributed by atoms with van der Waals surface area (Å²) < 4.78 is 35.4. The van der Waals surface area contributed by atoms with Crippen LogP contribution in [0.4, 0.5) is 15.8 Å². The summed E-state index contributed by atoms with van der Waals surface area (Å²) in [5, 5.41) is 48.2. The molecule has 0 spiro atoms. The van der Waals surface area contributed by atoms with Crippen molar-refractivity contribution in [1.29, 1.82) is 0 Å². The molecule has 1 aliphatic heterocycles. The summed E-state index contributed by atoms with van der Waals surface area (Å²) in [5.74, 6) is -2.78. The number of aliphatic hydroxyl groups excluding tert-OH is 2. The predicted octanol–water partition coefficient (Wildman–Crippen LogP) is 11.0. The topological polar surface area (TPSA) is 196 Å². The molecule has 1 heterocycles. The molecule has 5 aromatic carbocycles. The molecule has 1 amide bonds. The lowest BCUT2D eigenvalue weighted by molar-refractivity contribution is -0.385. The molecule has 2 aliphatic carbocycles. The van der Waals surface area contributed by atoms with Crippen LogP contribution in [-0.4, -0.2) is 68.2 Å². The molecule has 0 aromatic heterocycles. The van der Waals surface area contributed by atoms with E-state index >= 15 is 4.79 Å². The molecule has 8 rings (SSSR count). The van der Waals surface area contributed by atoms with Crippen LogP contribution < -0.4 is 9.47 Å². The van der Waals surface area contributed by atoms with Gasteiger partial charge in [-0.2, -0.15) is 0 Å². The monoisotopic (exact) mass is 980 g/mol. The first-order chi connectivity index (χ1) is 35.0. The molecule has 0 saturated heterocycles. The summed E-state index contributed by atoms with van der Waals surface area (Å²) in [7, 11) is 0. The highest BCUT2D eigenvalue weighted by atomic mass is 19.1. The minimum absolute atomic E-state index is 0.000378. The number of nitro benzene ring substituents is 2. The highest BCUT2D eigenvalue weighted by Gasteiger charge is 2.65. The number of ether oxygens (including phenoxy) is 3. The Kier molecular flexibility index (Phi) is 16.7. The molecule has 16 heteroatoms. The number of amides is 1. The maximum absolute atomic E-state index is 15.2. The molecule has 2 N–H and O–H groups in total. The van der Waals surface area contributed by atoms with E-state index in [1.54, 1.807) is 65.6 Å². The van der Waals surface area contributed by atoms with Crippen LogP contribution in [0.1, 0.15) is 73.1 Å². The number of hydrogen-bond donors (Lipinski definition) is 2. The maximum atomic E-state index is 15.2. The van der Waals surface area contributed by atoms with Gasteiger partial charge in [0.1, 0.15) is 35.7 Å². The largest absolute Gasteiger partial charge is 0.459 e. The van der Waals surface area contributed by atoms with Crippen molar-refractivity contribution in [2.24, 2.45) is 22.9 Å². The summed E-state index contributed by atoms with van der Waals surface area (Å²) in [6.45, 7) is 4.15. The third-order valence-electron chi connectivity index (χ3n) is 13.6. The number of oxime groups is 1. The van der Waals surface area contributed by atoms with Gasteiger partial charge in [0.05, 0.1) is 34.1 Å². The fourth-order valence-corrected chi connectivity index (χ4v) is 10.4. The van der Waals surface area contributed by atoms with Gasteiger partial charge < -0.3 is 34.2 Å². The summed E-state index contributed by atoms with van der Waals surface area (Å²) >= 11 is 0. The number of non-ortho nitro benzene ring substituents is 2. The molecule has 6 unspecified atom stereocenters. The molecule has 15 nitrogen and oxygen atoms in total. The second-order valence-electron chi connectivity index (χ2n) is 18.2. The first kappa shape index (κ1) is 50.8. The number of carbonyl (C=O) groups excluding carboxylic acids is 1. The van der Waals surface area contributed by atoms with E-state index in [4.69, 9.17) is 24.2 Å². The Morgan fingerprint density at radius 1 is 0.847 bits per heavy atom. The fraction of sp³-hybridized carbons (Fsp3) is 0.321. The highest BCUT2D eigenvalue weighted by molar-refractivity contribution is 6.03. The SMILES string of the molecule is C=CCOC12Oc3ccc(Oc4cccc([N+](=O)[O-])c4)cc3C3C(CCCCO)C(CCCCO)C=C(C(=NOCc4ccccc4)CC1N(Cc1ccc(F)cc1)C(=O)C=Cc1ccc([N+](=O)[O-])cc1)C32. The maximum Gasteiger partial charge on any atom is 0.273 e. The summed E-state index contributed by atoms with van der Waals surface area (Å²) in [6.07, 6.45) is 10.8. The zero-order valence-electron chi connectivity index (χ0n) is 39.7. The molecule has 0 bridgehead atoms. The van der Waals surface area contributed by atoms with Crippen molar-refractivity contribution in [2.75, 3.05) is 19.8 Å². The Balaban J connectivity index is 1.34. The number of benzene rings is 5. The van der Waals surface area contributed by atoms with E-state index in [0.29, 0.717) is 60.4 Å². The molecule has 0 radical (unpaired) electrons. The number of halogens is 1. The van der Waals surface area contributed by atoms with Crippen LogP contribution in [0.5, 0.6) is 17.2 Å². The number of nitro groups is 2. The van der Waals surface area contributed by atoms with Gasteiger partial charge in [0, 0.05) is 61.9 Å². The van der Waals surface area contributed by atoms with Crippen LogP contribution in [0.25, 0.3) is 6.08 Å². The lowest BCUT2D eigenvalue weighted by atomic mass is 9.55. The van der Waals surface area contributed by atoms with Crippen LogP contribution in [0, 0.1) is 43.8 Å². The molecule has 1 fully saturated rings. The van der Waals surface area contributed by atoms with Gasteiger partial charge in [0.25, 0.3) is 11.4 Å². The lowest BCUT2D eigenvalue weighted by Crippen LogP contribution is -2.70. The van der Waals surface area contributed by atoms with Crippen LogP contribution >= 0.6 is 0 Å². The number of carbonyl (C=O) groups is 1. The summed E-state index contributed by atoms with van der Waals surface area (Å²) in [6, 6.07) is 31.6. The molecule has 72 heavy (non-hydrogen) atoms. The minimum Gasteiger partial charge on any atom is -0.459 e. The average molecular weight is 981 g/mol. The highest BCUT2D eigenvalue weighted by Crippen LogP contribution is 2.62. The zero-order chi connectivity index (χ0) is 50.6. The fourth-order valence-electron chi connectivity index (χ4n) is 10.4. The Morgan fingerprint density at radius 3 is 2.28 bits per heavy atom. The third-order valence-corrected chi connectivity index (χ3v) is 13.6. The molecule has 5 aromatic rings. The Bertz CT molecular complexity index is 2800. The van der Waals surface area contributed by atoms with E-state index in [-0.39, 0.29) is 68.4 Å². The normalized spacial score (nSPS) is 21.5. The van der Waals surface area contributed by atoms with Crippen molar-refractivity contribution in [3.63, 3.8) is 0 Å². The van der Waals surface area contributed by atoms with E-state index in [2.05, 4.69) is 12.7 Å². The van der Waals surface area contributed by atoms with Crippen molar-refractivity contribution < 1.29 is 48.3 Å². The molecule has 1 saturated carbocycles. The molecular weight excluding hydrogens is 924 g/mol. The quantitative estimate of drug-likeness (QED) is 0.0208. The molecule has 6 atom stereocenters. The van der Waals surface area contributed by atoms with Gasteiger partial charge in [-0.3, -0.25) is 25.0 Å². The third kappa shape index (κ3) is 11.6. The standard InChI is InChI=1S/C56H57FN4O11/c1-2-31-69-56-52(59(36-39-17-22-42(57)23-18-39)53(64)28-21-38-19-24-43(25-20-38)60(65)66)35-50(58-70-37-40-11-4-3-5-12-40)48-32-41(13-6-8-29-62)47(16-7-9-30-63)54(55(48)56)49-34-46(26-27-51(49)72-56)71-45-15-10-14-44(33-45)61(67)68/h2-5,10-12,14-15,17-28,32-34,41,47,52,54-55,62-63H,1,6-9,13,16,29-31,35-37H2. The van der Waals surface area contributed by atoms with E-state index in [0.717, 1.165) is 23.1 Å². The van der Waals surface area contributed by atoms with E-state index in [1.807, 2.05) is 36.4 Å². The summed E-state index contributed by atoms with van der Waals surface area (Å²) in [4.78, 5) is 45.3. The first-order valence-corrected chi connectivity index (χ1v) is 24.2. The van der Waals surface area contributed by atoms with Crippen LogP contribution in [-0.2, 0) is 27.5 Å². The number of unbranched alkanes of at least 4 members (excludes halogenated alkanes) is 2. The Hall–Kier alpha value is -7.53. The predicted molar refractivity (Wildman–Crippen MR) is 268 cm³/mol. The van der Waals surface area contributed by atoms with E-state index in [9.17, 15) is 34.8 Å². The average Bonchev–Trinajstić information content (AvgIpc) is 3.39. The van der Waals surface area contributed by atoms with Crippen LogP contribution in [0.3, 0.4) is 0 Å². The second-order valence-corrected chi connectivity index (χ2v) is 18.2. The van der Waals surface area contributed by atoms with Crippen LogP contribution in [0.15, 0.2) is 157 Å². The van der Waals surface area contributed by atoms with Crippen molar-refractivity contribution >= 4 is 29.1 Å². The van der Waals surface area contributed by atoms with Crippen molar-refractivity contribution in [3.05, 3.63) is 200 Å². The van der Waals surface area contributed by atoms with Gasteiger partial charge in [-0.1, -0.05) is 78.7 Å². The number of allylic oxidation sites excluding steroid dienone is 1. The number of fused-ring (bicyclic) bond motifs is 2. The zero-order valence-corrected chi connectivity index (χ0v) is 39.7. The van der Waals surface area contributed by atoms with Gasteiger partial charge in [0.2, 0.25) is 11.7 Å². The van der Waals surface area contributed by atoms with Crippen molar-refractivity contribution in [1.82, 2.24) is 4.90 Å². The number of rotatable bonds is 23. The van der Waals surface area contributed by atoms with E-state index < -0.39 is 45.2 Å². The van der Waals surface area contributed by atoms with Crippen LogP contribution in [0.2, 0.25) is 0 Å². The van der Waals surface area contributed by atoms with E-state index in [1.165, 1.54) is 42.5 Å². The lowest BCUT2D eigenvalue weighted by Gasteiger charge is -2.60. The molecular formula is C56H57FN4O11. The Morgan fingerprint density at radius 2 is 1.57 bits per heavy atom. The Labute approximate surface area is 416 Å². The van der Waals surface area contributed by atoms with Gasteiger partial charge in [0.15, 0.2) is 0 Å². The molecule has 374 valence electrons. The van der Waals surface area contributed by atoms with Gasteiger partial charge in [-0.25, -0.2) is 4.39 Å². The summed E-state index contributed by atoms with van der Waals surface area (Å²) in [5.41, 5.74) is 3.92.